The summed E-state index contributed by atoms with van der Waals surface area (Å²) in [6.45, 7) is 7.51. The van der Waals surface area contributed by atoms with Gasteiger partial charge in [-0.05, 0) is 30.2 Å². The molecule has 7 nitrogen and oxygen atoms in total. The average Bonchev–Trinajstić information content (AvgIpc) is 3.06. The number of benzene rings is 2. The number of piperazine rings is 1. The lowest BCUT2D eigenvalue weighted by Crippen LogP contribution is -2.46. The Bertz CT molecular complexity index is 1050. The molecule has 0 radical (unpaired) electrons. The van der Waals surface area contributed by atoms with Crippen molar-refractivity contribution >= 4 is 34.0 Å². The second-order valence-electron chi connectivity index (χ2n) is 7.95. The van der Waals surface area contributed by atoms with Gasteiger partial charge in [0.15, 0.2) is 0 Å². The third-order valence-electron chi connectivity index (χ3n) is 5.24. The first-order chi connectivity index (χ1) is 14.0. The zero-order chi connectivity index (χ0) is 20.4. The molecule has 4 rings (SSSR count). The third kappa shape index (κ3) is 4.29. The Morgan fingerprint density at radius 2 is 1.62 bits per heavy atom. The second-order valence-corrected chi connectivity index (χ2v) is 7.95. The highest BCUT2D eigenvalue weighted by atomic mass is 16.1. The van der Waals surface area contributed by atoms with E-state index in [4.69, 9.17) is 0 Å². The van der Waals surface area contributed by atoms with Crippen LogP contribution in [-0.4, -0.2) is 42.1 Å². The highest BCUT2D eigenvalue weighted by Crippen LogP contribution is 2.31. The zero-order valence-corrected chi connectivity index (χ0v) is 16.9. The van der Waals surface area contributed by atoms with Crippen molar-refractivity contribution in [3.05, 3.63) is 52.9 Å². The lowest BCUT2D eigenvalue weighted by Gasteiger charge is -2.38. The standard InChI is InChI=1S/C22H27N5O2/c1-15(2)12-21(28)23-19-13-17-18(25-22(29)24-17)14-20(19)27-10-8-26(9-11-27)16-6-4-3-5-7-16/h3-7,13-15H,8-12H2,1-2H3,(H,23,28)(H2,24,25,29). The molecule has 1 aliphatic rings. The smallest absolute Gasteiger partial charge is 0.323 e. The van der Waals surface area contributed by atoms with Gasteiger partial charge in [-0.25, -0.2) is 4.79 Å². The molecule has 0 unspecified atom stereocenters. The molecule has 0 spiro atoms. The highest BCUT2D eigenvalue weighted by Gasteiger charge is 2.21. The molecule has 7 heteroatoms. The Kier molecular flexibility index (Phi) is 5.29. The number of hydrogen-bond donors (Lipinski definition) is 3. The van der Waals surface area contributed by atoms with Crippen molar-refractivity contribution in [2.24, 2.45) is 5.92 Å². The normalized spacial score (nSPS) is 14.6. The Hall–Kier alpha value is -3.22. The van der Waals surface area contributed by atoms with Gasteiger partial charge in [0.2, 0.25) is 5.91 Å². The number of aromatic nitrogens is 2. The van der Waals surface area contributed by atoms with Gasteiger partial charge in [0.25, 0.3) is 0 Å². The molecule has 0 saturated carbocycles. The van der Waals surface area contributed by atoms with E-state index in [0.29, 0.717) is 11.9 Å². The molecule has 2 heterocycles. The molecular formula is C22H27N5O2. The molecule has 1 saturated heterocycles. The monoisotopic (exact) mass is 393 g/mol. The quantitative estimate of drug-likeness (QED) is 0.622. The highest BCUT2D eigenvalue weighted by molar-refractivity contribution is 5.98. The number of aromatic amines is 2. The van der Waals surface area contributed by atoms with Gasteiger partial charge in [-0.3, -0.25) is 4.79 Å². The van der Waals surface area contributed by atoms with Crippen LogP contribution < -0.4 is 20.8 Å². The average molecular weight is 393 g/mol. The topological polar surface area (TPSA) is 84.2 Å². The van der Waals surface area contributed by atoms with Crippen molar-refractivity contribution in [3.63, 3.8) is 0 Å². The maximum Gasteiger partial charge on any atom is 0.323 e. The fourth-order valence-corrected chi connectivity index (χ4v) is 3.85. The van der Waals surface area contributed by atoms with E-state index in [1.165, 1.54) is 5.69 Å². The number of H-pyrrole nitrogens is 2. The lowest BCUT2D eigenvalue weighted by atomic mass is 10.1. The van der Waals surface area contributed by atoms with Crippen LogP contribution in [0.4, 0.5) is 17.1 Å². The van der Waals surface area contributed by atoms with Gasteiger partial charge >= 0.3 is 5.69 Å². The maximum atomic E-state index is 12.4. The Labute approximate surface area is 169 Å². The number of carbonyl (C=O) groups is 1. The van der Waals surface area contributed by atoms with E-state index in [-0.39, 0.29) is 17.5 Å². The lowest BCUT2D eigenvalue weighted by molar-refractivity contribution is -0.116. The van der Waals surface area contributed by atoms with Gasteiger partial charge in [-0.2, -0.15) is 0 Å². The summed E-state index contributed by atoms with van der Waals surface area (Å²) in [6.07, 6.45) is 0.461. The van der Waals surface area contributed by atoms with E-state index in [0.717, 1.165) is 43.1 Å². The minimum atomic E-state index is -0.245. The largest absolute Gasteiger partial charge is 0.368 e. The molecule has 1 fully saturated rings. The summed E-state index contributed by atoms with van der Waals surface area (Å²) in [5, 5.41) is 3.05. The number of para-hydroxylation sites is 1. The number of amides is 1. The van der Waals surface area contributed by atoms with E-state index in [1.807, 2.05) is 32.0 Å². The van der Waals surface area contributed by atoms with Crippen molar-refractivity contribution in [2.75, 3.05) is 41.3 Å². The summed E-state index contributed by atoms with van der Waals surface area (Å²) >= 11 is 0. The molecule has 1 amide bonds. The Balaban J connectivity index is 1.59. The first-order valence-corrected chi connectivity index (χ1v) is 10.1. The van der Waals surface area contributed by atoms with E-state index in [1.54, 1.807) is 0 Å². The number of rotatable bonds is 5. The second kappa shape index (κ2) is 8.03. The summed E-state index contributed by atoms with van der Waals surface area (Å²) < 4.78 is 0. The van der Waals surface area contributed by atoms with Crippen molar-refractivity contribution in [1.29, 1.82) is 0 Å². The van der Waals surface area contributed by atoms with E-state index in [2.05, 4.69) is 49.4 Å². The van der Waals surface area contributed by atoms with Crippen molar-refractivity contribution in [3.8, 4) is 0 Å². The molecule has 1 aliphatic heterocycles. The summed E-state index contributed by atoms with van der Waals surface area (Å²) in [7, 11) is 0. The third-order valence-corrected chi connectivity index (χ3v) is 5.24. The first-order valence-electron chi connectivity index (χ1n) is 10.1. The van der Waals surface area contributed by atoms with Crippen LogP contribution in [0.15, 0.2) is 47.3 Å². The predicted molar refractivity (Wildman–Crippen MR) is 118 cm³/mol. The number of anilines is 3. The van der Waals surface area contributed by atoms with Crippen LogP contribution in [0.25, 0.3) is 11.0 Å². The number of imidazole rings is 1. The maximum absolute atomic E-state index is 12.4. The SMILES string of the molecule is CC(C)CC(=O)Nc1cc2[nH]c(=O)[nH]c2cc1N1CCN(c2ccccc2)CC1. The zero-order valence-electron chi connectivity index (χ0n) is 16.9. The van der Waals surface area contributed by atoms with E-state index >= 15 is 0 Å². The van der Waals surface area contributed by atoms with E-state index in [9.17, 15) is 9.59 Å². The van der Waals surface area contributed by atoms with Crippen molar-refractivity contribution < 1.29 is 4.79 Å². The number of nitrogens with zero attached hydrogens (tertiary/aromatic N) is 2. The minimum Gasteiger partial charge on any atom is -0.368 e. The summed E-state index contributed by atoms with van der Waals surface area (Å²) in [4.78, 5) is 34.4. The summed E-state index contributed by atoms with van der Waals surface area (Å²) in [5.74, 6) is 0.269. The van der Waals surface area contributed by atoms with Gasteiger partial charge in [0.1, 0.15) is 0 Å². The number of carbonyl (C=O) groups excluding carboxylic acids is 1. The fraction of sp³-hybridized carbons (Fsp3) is 0.364. The Morgan fingerprint density at radius 1 is 1.00 bits per heavy atom. The van der Waals surface area contributed by atoms with Crippen LogP contribution in [0.2, 0.25) is 0 Å². The van der Waals surface area contributed by atoms with Crippen LogP contribution in [0.5, 0.6) is 0 Å². The molecule has 0 atom stereocenters. The van der Waals surface area contributed by atoms with Gasteiger partial charge in [-0.1, -0.05) is 32.0 Å². The van der Waals surface area contributed by atoms with Crippen LogP contribution in [0.3, 0.4) is 0 Å². The summed E-state index contributed by atoms with van der Waals surface area (Å²) in [5.41, 5.74) is 4.11. The molecule has 3 N–H and O–H groups in total. The molecule has 2 aromatic carbocycles. The minimum absolute atomic E-state index is 0.0126. The number of hydrogen-bond acceptors (Lipinski definition) is 4. The first kappa shape index (κ1) is 19.1. The van der Waals surface area contributed by atoms with Gasteiger partial charge in [0, 0.05) is 38.3 Å². The van der Waals surface area contributed by atoms with Crippen LogP contribution in [0.1, 0.15) is 20.3 Å². The van der Waals surface area contributed by atoms with Crippen LogP contribution in [-0.2, 0) is 4.79 Å². The predicted octanol–water partition coefficient (Wildman–Crippen LogP) is 3.17. The van der Waals surface area contributed by atoms with Gasteiger partial charge in [-0.15, -0.1) is 0 Å². The molecule has 0 bridgehead atoms. The molecule has 152 valence electrons. The van der Waals surface area contributed by atoms with Crippen LogP contribution >= 0.6 is 0 Å². The molecule has 29 heavy (non-hydrogen) atoms. The summed E-state index contributed by atoms with van der Waals surface area (Å²) in [6, 6.07) is 14.2. The van der Waals surface area contributed by atoms with Gasteiger partial charge in [0.05, 0.1) is 22.4 Å². The van der Waals surface area contributed by atoms with E-state index < -0.39 is 0 Å². The van der Waals surface area contributed by atoms with Crippen molar-refractivity contribution in [1.82, 2.24) is 9.97 Å². The van der Waals surface area contributed by atoms with Gasteiger partial charge < -0.3 is 25.1 Å². The fourth-order valence-electron chi connectivity index (χ4n) is 3.85. The Morgan fingerprint density at radius 3 is 2.28 bits per heavy atom. The molecule has 0 aliphatic carbocycles. The van der Waals surface area contributed by atoms with Crippen molar-refractivity contribution in [2.45, 2.75) is 20.3 Å². The number of fused-ring (bicyclic) bond motifs is 1. The number of nitrogens with one attached hydrogen (secondary N) is 3. The molecule has 3 aromatic rings. The molecule has 1 aromatic heterocycles. The molecular weight excluding hydrogens is 366 g/mol. The van der Waals surface area contributed by atoms with Crippen LogP contribution in [0, 0.1) is 5.92 Å².